The van der Waals surface area contributed by atoms with Gasteiger partial charge in [-0.2, -0.15) is 5.10 Å². The molecule has 0 aromatic carbocycles. The van der Waals surface area contributed by atoms with Crippen LogP contribution in [0.25, 0.3) is 0 Å². The van der Waals surface area contributed by atoms with Crippen LogP contribution in [0.2, 0.25) is 0 Å². The third-order valence-electron chi connectivity index (χ3n) is 2.90. The lowest BCUT2D eigenvalue weighted by Crippen LogP contribution is -2.37. The SMILES string of the molecule is Cn1cc(N)c(NCCCN2CCOCC2)n1. The van der Waals surface area contributed by atoms with Gasteiger partial charge in [0.25, 0.3) is 0 Å². The minimum Gasteiger partial charge on any atom is -0.394 e. The van der Waals surface area contributed by atoms with Crippen LogP contribution in [-0.2, 0) is 11.8 Å². The van der Waals surface area contributed by atoms with Gasteiger partial charge in [0, 0.05) is 32.9 Å². The number of nitrogens with one attached hydrogen (secondary N) is 1. The van der Waals surface area contributed by atoms with E-state index in [4.69, 9.17) is 10.5 Å². The normalized spacial score (nSPS) is 17.2. The number of hydrogen-bond acceptors (Lipinski definition) is 5. The van der Waals surface area contributed by atoms with Crippen molar-refractivity contribution in [3.8, 4) is 0 Å². The first kappa shape index (κ1) is 12.2. The van der Waals surface area contributed by atoms with Gasteiger partial charge in [0.05, 0.1) is 18.9 Å². The molecule has 6 heteroatoms. The van der Waals surface area contributed by atoms with Crippen molar-refractivity contribution in [2.75, 3.05) is 50.4 Å². The van der Waals surface area contributed by atoms with E-state index in [1.807, 2.05) is 13.2 Å². The van der Waals surface area contributed by atoms with E-state index in [2.05, 4.69) is 15.3 Å². The predicted molar refractivity (Wildman–Crippen MR) is 68.0 cm³/mol. The van der Waals surface area contributed by atoms with Crippen LogP contribution in [0.3, 0.4) is 0 Å². The van der Waals surface area contributed by atoms with Gasteiger partial charge in [-0.3, -0.25) is 9.58 Å². The van der Waals surface area contributed by atoms with Gasteiger partial charge >= 0.3 is 0 Å². The topological polar surface area (TPSA) is 68.3 Å². The Morgan fingerprint density at radius 2 is 2.24 bits per heavy atom. The maximum atomic E-state index is 5.79. The lowest BCUT2D eigenvalue weighted by Gasteiger charge is -2.26. The molecule has 0 atom stereocenters. The van der Waals surface area contributed by atoms with Gasteiger partial charge in [-0.15, -0.1) is 0 Å². The Morgan fingerprint density at radius 1 is 1.47 bits per heavy atom. The zero-order valence-corrected chi connectivity index (χ0v) is 10.4. The maximum absolute atomic E-state index is 5.79. The van der Waals surface area contributed by atoms with E-state index in [0.717, 1.165) is 51.6 Å². The fraction of sp³-hybridized carbons (Fsp3) is 0.727. The molecule has 1 saturated heterocycles. The number of nitrogen functional groups attached to an aromatic ring is 1. The number of morpholine rings is 1. The van der Waals surface area contributed by atoms with E-state index in [-0.39, 0.29) is 0 Å². The average Bonchev–Trinajstić information content (AvgIpc) is 2.65. The van der Waals surface area contributed by atoms with Gasteiger partial charge in [-0.1, -0.05) is 0 Å². The largest absolute Gasteiger partial charge is 0.394 e. The summed E-state index contributed by atoms with van der Waals surface area (Å²) in [6.07, 6.45) is 2.90. The summed E-state index contributed by atoms with van der Waals surface area (Å²) in [6.45, 7) is 5.82. The Morgan fingerprint density at radius 3 is 2.88 bits per heavy atom. The second-order valence-corrected chi connectivity index (χ2v) is 4.34. The van der Waals surface area contributed by atoms with Crippen LogP contribution in [0, 0.1) is 0 Å². The molecule has 0 spiro atoms. The number of hydrogen-bond donors (Lipinski definition) is 2. The Bertz CT molecular complexity index is 346. The molecule has 1 fully saturated rings. The first-order chi connectivity index (χ1) is 8.25. The van der Waals surface area contributed by atoms with Crippen molar-refractivity contribution >= 4 is 11.5 Å². The van der Waals surface area contributed by atoms with Crippen LogP contribution in [0.15, 0.2) is 6.20 Å². The summed E-state index contributed by atoms with van der Waals surface area (Å²) in [6, 6.07) is 0. The molecule has 96 valence electrons. The molecular weight excluding hydrogens is 218 g/mol. The van der Waals surface area contributed by atoms with Crippen LogP contribution >= 0.6 is 0 Å². The van der Waals surface area contributed by atoms with E-state index < -0.39 is 0 Å². The molecule has 2 heterocycles. The number of anilines is 2. The highest BCUT2D eigenvalue weighted by molar-refractivity contribution is 5.59. The van der Waals surface area contributed by atoms with Crippen molar-refractivity contribution in [3.63, 3.8) is 0 Å². The van der Waals surface area contributed by atoms with E-state index >= 15 is 0 Å². The van der Waals surface area contributed by atoms with Crippen LogP contribution in [-0.4, -0.2) is 54.1 Å². The zero-order chi connectivity index (χ0) is 12.1. The molecular formula is C11H21N5O. The van der Waals surface area contributed by atoms with Gasteiger partial charge in [-0.25, -0.2) is 0 Å². The second kappa shape index (κ2) is 5.88. The van der Waals surface area contributed by atoms with Crippen LogP contribution in [0.1, 0.15) is 6.42 Å². The molecule has 17 heavy (non-hydrogen) atoms. The van der Waals surface area contributed by atoms with Crippen LogP contribution in [0.5, 0.6) is 0 Å². The summed E-state index contributed by atoms with van der Waals surface area (Å²) in [4.78, 5) is 2.42. The number of nitrogens with zero attached hydrogens (tertiary/aromatic N) is 3. The van der Waals surface area contributed by atoms with Gasteiger partial charge in [0.2, 0.25) is 0 Å². The summed E-state index contributed by atoms with van der Waals surface area (Å²) in [5.41, 5.74) is 6.50. The van der Waals surface area contributed by atoms with Crippen molar-refractivity contribution in [1.82, 2.24) is 14.7 Å². The smallest absolute Gasteiger partial charge is 0.171 e. The molecule has 1 aromatic heterocycles. The molecule has 0 radical (unpaired) electrons. The first-order valence-electron chi connectivity index (χ1n) is 6.09. The van der Waals surface area contributed by atoms with E-state index in [9.17, 15) is 0 Å². The molecule has 6 nitrogen and oxygen atoms in total. The van der Waals surface area contributed by atoms with Gasteiger partial charge in [0.15, 0.2) is 5.82 Å². The molecule has 2 rings (SSSR count). The number of aromatic nitrogens is 2. The maximum Gasteiger partial charge on any atom is 0.171 e. The molecule has 1 aromatic rings. The Kier molecular flexibility index (Phi) is 4.22. The number of aryl methyl sites for hydroxylation is 1. The third-order valence-corrected chi connectivity index (χ3v) is 2.90. The highest BCUT2D eigenvalue weighted by atomic mass is 16.5. The lowest BCUT2D eigenvalue weighted by molar-refractivity contribution is 0.0378. The van der Waals surface area contributed by atoms with Gasteiger partial charge < -0.3 is 15.8 Å². The Labute approximate surface area is 102 Å². The summed E-state index contributed by atoms with van der Waals surface area (Å²) in [5.74, 6) is 0.787. The Balaban J connectivity index is 1.64. The minimum absolute atomic E-state index is 0.707. The first-order valence-corrected chi connectivity index (χ1v) is 6.09. The number of ether oxygens (including phenoxy) is 1. The Hall–Kier alpha value is -1.27. The quantitative estimate of drug-likeness (QED) is 0.715. The molecule has 3 N–H and O–H groups in total. The van der Waals surface area contributed by atoms with Gasteiger partial charge in [0.1, 0.15) is 0 Å². The molecule has 0 saturated carbocycles. The minimum atomic E-state index is 0.707. The summed E-state index contributed by atoms with van der Waals surface area (Å²) >= 11 is 0. The molecule has 1 aliphatic rings. The van der Waals surface area contributed by atoms with Crippen molar-refractivity contribution in [2.45, 2.75) is 6.42 Å². The van der Waals surface area contributed by atoms with E-state index in [1.54, 1.807) is 4.68 Å². The van der Waals surface area contributed by atoms with Crippen molar-refractivity contribution in [3.05, 3.63) is 6.20 Å². The van der Waals surface area contributed by atoms with Crippen molar-refractivity contribution in [2.24, 2.45) is 7.05 Å². The number of rotatable bonds is 5. The molecule has 0 bridgehead atoms. The molecule has 1 aliphatic heterocycles. The molecule has 0 unspecified atom stereocenters. The van der Waals surface area contributed by atoms with Crippen molar-refractivity contribution < 1.29 is 4.74 Å². The summed E-state index contributed by atoms with van der Waals surface area (Å²) in [5, 5.41) is 7.50. The van der Waals surface area contributed by atoms with Crippen molar-refractivity contribution in [1.29, 1.82) is 0 Å². The predicted octanol–water partition coefficient (Wildman–Crippen LogP) is 0.137. The lowest BCUT2D eigenvalue weighted by atomic mass is 10.3. The molecule has 0 amide bonds. The van der Waals surface area contributed by atoms with Crippen LogP contribution < -0.4 is 11.1 Å². The number of nitrogens with two attached hydrogens (primary N) is 1. The van der Waals surface area contributed by atoms with E-state index in [1.165, 1.54) is 0 Å². The fourth-order valence-corrected chi connectivity index (χ4v) is 1.98. The third kappa shape index (κ3) is 3.61. The second-order valence-electron chi connectivity index (χ2n) is 4.34. The average molecular weight is 239 g/mol. The summed E-state index contributed by atoms with van der Waals surface area (Å²) in [7, 11) is 1.87. The summed E-state index contributed by atoms with van der Waals surface area (Å²) < 4.78 is 7.03. The highest BCUT2D eigenvalue weighted by Crippen LogP contribution is 2.13. The zero-order valence-electron chi connectivity index (χ0n) is 10.4. The highest BCUT2D eigenvalue weighted by Gasteiger charge is 2.09. The van der Waals surface area contributed by atoms with Gasteiger partial charge in [-0.05, 0) is 13.0 Å². The fourth-order valence-electron chi connectivity index (χ4n) is 1.98. The van der Waals surface area contributed by atoms with Crippen LogP contribution in [0.4, 0.5) is 11.5 Å². The monoisotopic (exact) mass is 239 g/mol. The van der Waals surface area contributed by atoms with E-state index in [0.29, 0.717) is 5.69 Å². The standard InChI is InChI=1S/C11H21N5O/c1-15-9-10(12)11(14-15)13-3-2-4-16-5-7-17-8-6-16/h9H,2-8,12H2,1H3,(H,13,14). The molecule has 0 aliphatic carbocycles.